The molecule has 1 rings (SSSR count). The van der Waals surface area contributed by atoms with Crippen LogP contribution in [0.25, 0.3) is 0 Å². The maximum absolute atomic E-state index is 9.32. The number of allylic oxidation sites excluding steroid dienone is 7. The molecular formula is C12H16O. The van der Waals surface area contributed by atoms with Gasteiger partial charge in [0.1, 0.15) is 0 Å². The molecule has 0 radical (unpaired) electrons. The SMILES string of the molecule is C=C(C=C(C)C)C1=CCCC(O)=C1. The normalized spacial score (nSPS) is 15.8. The van der Waals surface area contributed by atoms with E-state index in [0.29, 0.717) is 5.76 Å². The van der Waals surface area contributed by atoms with Crippen molar-refractivity contribution in [1.29, 1.82) is 0 Å². The van der Waals surface area contributed by atoms with Crippen LogP contribution in [0.3, 0.4) is 0 Å². The number of hydrogen-bond donors (Lipinski definition) is 1. The van der Waals surface area contributed by atoms with Crippen LogP contribution in [0.4, 0.5) is 0 Å². The quantitative estimate of drug-likeness (QED) is 0.636. The van der Waals surface area contributed by atoms with Gasteiger partial charge in [-0.15, -0.1) is 0 Å². The van der Waals surface area contributed by atoms with E-state index < -0.39 is 0 Å². The molecule has 1 aliphatic carbocycles. The van der Waals surface area contributed by atoms with Gasteiger partial charge >= 0.3 is 0 Å². The average molecular weight is 176 g/mol. The third-order valence-corrected chi connectivity index (χ3v) is 1.92. The second-order valence-electron chi connectivity index (χ2n) is 3.58. The molecule has 13 heavy (non-hydrogen) atoms. The van der Waals surface area contributed by atoms with Gasteiger partial charge in [-0.25, -0.2) is 0 Å². The second-order valence-corrected chi connectivity index (χ2v) is 3.58. The monoisotopic (exact) mass is 176 g/mol. The molecular weight excluding hydrogens is 160 g/mol. The van der Waals surface area contributed by atoms with E-state index >= 15 is 0 Å². The van der Waals surface area contributed by atoms with Gasteiger partial charge < -0.3 is 5.11 Å². The summed E-state index contributed by atoms with van der Waals surface area (Å²) in [5.41, 5.74) is 3.25. The molecule has 0 bridgehead atoms. The molecule has 0 fully saturated rings. The number of hydrogen-bond acceptors (Lipinski definition) is 1. The van der Waals surface area contributed by atoms with Gasteiger partial charge in [0.15, 0.2) is 0 Å². The van der Waals surface area contributed by atoms with E-state index in [2.05, 4.69) is 12.7 Å². The highest BCUT2D eigenvalue weighted by atomic mass is 16.3. The van der Waals surface area contributed by atoms with Gasteiger partial charge in [0, 0.05) is 6.42 Å². The summed E-state index contributed by atoms with van der Waals surface area (Å²) in [5.74, 6) is 0.459. The minimum atomic E-state index is 0.459. The van der Waals surface area contributed by atoms with Gasteiger partial charge in [0.2, 0.25) is 0 Å². The molecule has 70 valence electrons. The largest absolute Gasteiger partial charge is 0.512 e. The number of aliphatic hydroxyl groups excluding tert-OH is 1. The van der Waals surface area contributed by atoms with Crippen LogP contribution in [-0.4, -0.2) is 5.11 Å². The molecule has 0 aromatic heterocycles. The summed E-state index contributed by atoms with van der Waals surface area (Å²) in [4.78, 5) is 0. The summed E-state index contributed by atoms with van der Waals surface area (Å²) in [6.45, 7) is 8.03. The van der Waals surface area contributed by atoms with E-state index in [1.165, 1.54) is 5.57 Å². The predicted octanol–water partition coefficient (Wildman–Crippen LogP) is 3.67. The first kappa shape index (κ1) is 9.85. The minimum absolute atomic E-state index is 0.459. The van der Waals surface area contributed by atoms with E-state index in [0.717, 1.165) is 24.0 Å². The molecule has 0 saturated heterocycles. The van der Waals surface area contributed by atoms with Crippen molar-refractivity contribution >= 4 is 0 Å². The number of rotatable bonds is 2. The van der Waals surface area contributed by atoms with E-state index in [1.54, 1.807) is 6.08 Å². The predicted molar refractivity (Wildman–Crippen MR) is 56.6 cm³/mol. The van der Waals surface area contributed by atoms with E-state index in [9.17, 15) is 5.11 Å². The summed E-state index contributed by atoms with van der Waals surface area (Å²) in [6, 6.07) is 0. The van der Waals surface area contributed by atoms with Crippen molar-refractivity contribution in [1.82, 2.24) is 0 Å². The average Bonchev–Trinajstić information content (AvgIpc) is 2.03. The lowest BCUT2D eigenvalue weighted by Gasteiger charge is -2.09. The van der Waals surface area contributed by atoms with Crippen molar-refractivity contribution in [3.8, 4) is 0 Å². The molecule has 1 aliphatic rings. The van der Waals surface area contributed by atoms with Gasteiger partial charge in [-0.2, -0.15) is 0 Å². The lowest BCUT2D eigenvalue weighted by atomic mass is 9.98. The third-order valence-electron chi connectivity index (χ3n) is 1.92. The molecule has 0 aliphatic heterocycles. The Hall–Kier alpha value is -1.24. The van der Waals surface area contributed by atoms with Crippen LogP contribution in [-0.2, 0) is 0 Å². The van der Waals surface area contributed by atoms with Crippen LogP contribution < -0.4 is 0 Å². The van der Waals surface area contributed by atoms with Crippen LogP contribution in [0, 0.1) is 0 Å². The lowest BCUT2D eigenvalue weighted by molar-refractivity contribution is 0.387. The standard InChI is InChI=1S/C12H16O/c1-9(2)7-10(3)11-5-4-6-12(13)8-11/h5,7-8,13H,3-4,6H2,1-2H3. The first-order chi connectivity index (χ1) is 6.09. The molecule has 1 heteroatoms. The van der Waals surface area contributed by atoms with Crippen LogP contribution >= 0.6 is 0 Å². The fraction of sp³-hybridized carbons (Fsp3) is 0.333. The fourth-order valence-electron chi connectivity index (χ4n) is 1.34. The zero-order chi connectivity index (χ0) is 9.84. The maximum Gasteiger partial charge on any atom is 0.0931 e. The van der Waals surface area contributed by atoms with Crippen molar-refractivity contribution in [3.63, 3.8) is 0 Å². The summed E-state index contributed by atoms with van der Waals surface area (Å²) in [5, 5.41) is 9.32. The zero-order valence-electron chi connectivity index (χ0n) is 8.30. The summed E-state index contributed by atoms with van der Waals surface area (Å²) >= 11 is 0. The van der Waals surface area contributed by atoms with Crippen LogP contribution in [0.2, 0.25) is 0 Å². The fourth-order valence-corrected chi connectivity index (χ4v) is 1.34. The molecule has 0 heterocycles. The topological polar surface area (TPSA) is 20.2 Å². The Morgan fingerprint density at radius 2 is 2.23 bits per heavy atom. The van der Waals surface area contributed by atoms with Gasteiger partial charge in [-0.3, -0.25) is 0 Å². The lowest BCUT2D eigenvalue weighted by Crippen LogP contribution is -1.93. The smallest absolute Gasteiger partial charge is 0.0931 e. The van der Waals surface area contributed by atoms with Gasteiger partial charge in [-0.05, 0) is 37.5 Å². The second kappa shape index (κ2) is 4.13. The Kier molecular flexibility index (Phi) is 3.13. The van der Waals surface area contributed by atoms with Crippen molar-refractivity contribution in [3.05, 3.63) is 47.3 Å². The first-order valence-corrected chi connectivity index (χ1v) is 4.53. The maximum atomic E-state index is 9.32. The van der Waals surface area contributed by atoms with Crippen LogP contribution in [0.1, 0.15) is 26.7 Å². The van der Waals surface area contributed by atoms with E-state index in [1.807, 2.05) is 19.9 Å². The first-order valence-electron chi connectivity index (χ1n) is 4.53. The Morgan fingerprint density at radius 3 is 2.77 bits per heavy atom. The Morgan fingerprint density at radius 1 is 1.54 bits per heavy atom. The zero-order valence-corrected chi connectivity index (χ0v) is 8.30. The van der Waals surface area contributed by atoms with Gasteiger partial charge in [0.25, 0.3) is 0 Å². The highest BCUT2D eigenvalue weighted by Gasteiger charge is 2.04. The molecule has 0 aromatic carbocycles. The van der Waals surface area contributed by atoms with Crippen molar-refractivity contribution in [2.45, 2.75) is 26.7 Å². The molecule has 0 aromatic rings. The molecule has 0 saturated carbocycles. The summed E-state index contributed by atoms with van der Waals surface area (Å²) < 4.78 is 0. The van der Waals surface area contributed by atoms with Crippen LogP contribution in [0.15, 0.2) is 47.3 Å². The number of aliphatic hydroxyl groups is 1. The Bertz CT molecular complexity index is 299. The van der Waals surface area contributed by atoms with Crippen molar-refractivity contribution in [2.75, 3.05) is 0 Å². The van der Waals surface area contributed by atoms with Crippen LogP contribution in [0.5, 0.6) is 0 Å². The van der Waals surface area contributed by atoms with E-state index in [4.69, 9.17) is 0 Å². The molecule has 1 nitrogen and oxygen atoms in total. The Balaban J connectivity index is 2.79. The molecule has 0 amide bonds. The highest BCUT2D eigenvalue weighted by Crippen LogP contribution is 2.21. The minimum Gasteiger partial charge on any atom is -0.512 e. The molecule has 0 atom stereocenters. The summed E-state index contributed by atoms with van der Waals surface area (Å²) in [7, 11) is 0. The molecule has 0 unspecified atom stereocenters. The summed E-state index contributed by atoms with van der Waals surface area (Å²) in [6.07, 6.45) is 7.60. The highest BCUT2D eigenvalue weighted by molar-refractivity contribution is 5.47. The Labute approximate surface area is 79.8 Å². The van der Waals surface area contributed by atoms with Crippen molar-refractivity contribution in [2.24, 2.45) is 0 Å². The third kappa shape index (κ3) is 2.94. The van der Waals surface area contributed by atoms with Crippen molar-refractivity contribution < 1.29 is 5.11 Å². The molecule has 1 N–H and O–H groups in total. The molecule has 0 spiro atoms. The van der Waals surface area contributed by atoms with Gasteiger partial charge in [-0.1, -0.05) is 24.3 Å². The van der Waals surface area contributed by atoms with E-state index in [-0.39, 0.29) is 0 Å². The van der Waals surface area contributed by atoms with Gasteiger partial charge in [0.05, 0.1) is 5.76 Å².